The topological polar surface area (TPSA) is 105 Å². The van der Waals surface area contributed by atoms with E-state index >= 15 is 0 Å². The number of hydrogen-bond donors (Lipinski definition) is 3. The minimum atomic E-state index is -0.884. The molecule has 0 radical (unpaired) electrons. The average molecular weight is 288 g/mol. The Balaban J connectivity index is 3.87. The highest BCUT2D eigenvalue weighted by Gasteiger charge is 2.13. The second-order valence-electron chi connectivity index (χ2n) is 4.56. The number of ether oxygens (including phenoxy) is 1. The zero-order valence-electron chi connectivity index (χ0n) is 12.1. The van der Waals surface area contributed by atoms with Crippen molar-refractivity contribution in [2.45, 2.75) is 51.5 Å². The Morgan fingerprint density at radius 1 is 1.20 bits per heavy atom. The number of rotatable bonds is 10. The van der Waals surface area contributed by atoms with E-state index in [0.29, 0.717) is 19.4 Å². The molecule has 3 amide bonds. The predicted octanol–water partition coefficient (Wildman–Crippen LogP) is 1.27. The van der Waals surface area contributed by atoms with Crippen LogP contribution < -0.4 is 10.6 Å². The lowest BCUT2D eigenvalue weighted by molar-refractivity contribution is -0.137. The van der Waals surface area contributed by atoms with Crippen LogP contribution in [0.2, 0.25) is 0 Å². The summed E-state index contributed by atoms with van der Waals surface area (Å²) in [5.74, 6) is -1.29. The minimum Gasteiger partial charge on any atom is -0.481 e. The van der Waals surface area contributed by atoms with E-state index in [-0.39, 0.29) is 18.9 Å². The lowest BCUT2D eigenvalue weighted by Crippen LogP contribution is -2.46. The Morgan fingerprint density at radius 2 is 1.85 bits per heavy atom. The maximum atomic E-state index is 11.6. The Labute approximate surface area is 119 Å². The normalized spacial score (nSPS) is 11.7. The Kier molecular flexibility index (Phi) is 10.3. The molecule has 116 valence electrons. The van der Waals surface area contributed by atoms with Crippen molar-refractivity contribution in [1.29, 1.82) is 0 Å². The van der Waals surface area contributed by atoms with Crippen LogP contribution in [0.1, 0.15) is 45.4 Å². The van der Waals surface area contributed by atoms with Crippen molar-refractivity contribution >= 4 is 17.9 Å². The number of carboxylic acids is 1. The maximum Gasteiger partial charge on any atom is 0.321 e. The van der Waals surface area contributed by atoms with Gasteiger partial charge in [-0.3, -0.25) is 14.9 Å². The largest absolute Gasteiger partial charge is 0.481 e. The first-order valence-electron chi connectivity index (χ1n) is 6.80. The van der Waals surface area contributed by atoms with Crippen molar-refractivity contribution < 1.29 is 24.2 Å². The number of urea groups is 1. The molecule has 0 saturated carbocycles. The third-order valence-corrected chi connectivity index (χ3v) is 2.64. The molecule has 0 aromatic heterocycles. The van der Waals surface area contributed by atoms with E-state index in [1.54, 1.807) is 7.11 Å². The van der Waals surface area contributed by atoms with Gasteiger partial charge < -0.3 is 15.2 Å². The van der Waals surface area contributed by atoms with E-state index < -0.39 is 17.9 Å². The molecular weight excluding hydrogens is 264 g/mol. The predicted molar refractivity (Wildman–Crippen MR) is 73.4 cm³/mol. The summed E-state index contributed by atoms with van der Waals surface area (Å²) in [4.78, 5) is 33.3. The van der Waals surface area contributed by atoms with Gasteiger partial charge in [-0.1, -0.05) is 13.3 Å². The number of amides is 3. The average Bonchev–Trinajstić information content (AvgIpc) is 2.35. The Morgan fingerprint density at radius 3 is 2.40 bits per heavy atom. The first-order chi connectivity index (χ1) is 9.49. The van der Waals surface area contributed by atoms with Crippen LogP contribution in [0.5, 0.6) is 0 Å². The molecule has 0 aliphatic carbocycles. The molecule has 3 N–H and O–H groups in total. The van der Waals surface area contributed by atoms with Gasteiger partial charge in [0.1, 0.15) is 0 Å². The molecular formula is C13H24N2O5. The van der Waals surface area contributed by atoms with Gasteiger partial charge in [-0.05, 0) is 19.3 Å². The van der Waals surface area contributed by atoms with E-state index in [1.165, 1.54) is 0 Å². The monoisotopic (exact) mass is 288 g/mol. The van der Waals surface area contributed by atoms with E-state index in [9.17, 15) is 14.4 Å². The zero-order valence-corrected chi connectivity index (χ0v) is 12.1. The molecule has 0 saturated heterocycles. The number of unbranched alkanes of at least 4 members (excludes halogenated alkanes) is 1. The molecule has 0 aliphatic rings. The van der Waals surface area contributed by atoms with Crippen LogP contribution in [0.3, 0.4) is 0 Å². The highest BCUT2D eigenvalue weighted by atomic mass is 16.5. The van der Waals surface area contributed by atoms with Gasteiger partial charge in [-0.25, -0.2) is 4.79 Å². The molecule has 0 rings (SSSR count). The summed E-state index contributed by atoms with van der Waals surface area (Å²) in [6.45, 7) is 2.39. The quantitative estimate of drug-likeness (QED) is 0.525. The van der Waals surface area contributed by atoms with Crippen molar-refractivity contribution in [2.75, 3.05) is 13.7 Å². The molecule has 0 heterocycles. The fourth-order valence-corrected chi connectivity index (χ4v) is 1.72. The Hall–Kier alpha value is -1.63. The molecule has 7 nitrogen and oxygen atoms in total. The maximum absolute atomic E-state index is 11.6. The minimum absolute atomic E-state index is 0.0336. The number of methoxy groups -OCH3 is 1. The highest BCUT2D eigenvalue weighted by Crippen LogP contribution is 2.00. The molecule has 1 atom stereocenters. The molecule has 20 heavy (non-hydrogen) atoms. The molecule has 1 unspecified atom stereocenters. The summed E-state index contributed by atoms with van der Waals surface area (Å²) < 4.78 is 4.98. The van der Waals surface area contributed by atoms with Crippen LogP contribution in [0.15, 0.2) is 0 Å². The number of carboxylic acid groups (broad SMARTS) is 1. The van der Waals surface area contributed by atoms with Crippen LogP contribution >= 0.6 is 0 Å². The SMILES string of the molecule is CCCC(COC)NC(=O)NC(=O)CCCCC(=O)O. The highest BCUT2D eigenvalue weighted by molar-refractivity contribution is 5.94. The van der Waals surface area contributed by atoms with Gasteiger partial charge in [0.25, 0.3) is 0 Å². The third kappa shape index (κ3) is 10.3. The van der Waals surface area contributed by atoms with E-state index in [0.717, 1.165) is 12.8 Å². The van der Waals surface area contributed by atoms with Crippen molar-refractivity contribution in [3.63, 3.8) is 0 Å². The number of carbonyl (C=O) groups excluding carboxylic acids is 2. The van der Waals surface area contributed by atoms with Gasteiger partial charge in [-0.2, -0.15) is 0 Å². The van der Waals surface area contributed by atoms with Gasteiger partial charge in [0.15, 0.2) is 0 Å². The zero-order chi connectivity index (χ0) is 15.4. The summed E-state index contributed by atoms with van der Waals surface area (Å²) >= 11 is 0. The summed E-state index contributed by atoms with van der Waals surface area (Å²) in [6, 6.07) is -0.659. The molecule has 0 aliphatic heterocycles. The number of nitrogens with one attached hydrogen (secondary N) is 2. The number of aliphatic carboxylic acids is 1. The van der Waals surface area contributed by atoms with Gasteiger partial charge in [0.05, 0.1) is 12.6 Å². The van der Waals surface area contributed by atoms with Crippen molar-refractivity contribution in [1.82, 2.24) is 10.6 Å². The number of hydrogen-bond acceptors (Lipinski definition) is 4. The number of imide groups is 1. The second kappa shape index (κ2) is 11.2. The van der Waals surface area contributed by atoms with Crippen LogP contribution in [0.25, 0.3) is 0 Å². The molecule has 0 bridgehead atoms. The molecule has 7 heteroatoms. The standard InChI is InChI=1S/C13H24N2O5/c1-3-6-10(9-20-2)14-13(19)15-11(16)7-4-5-8-12(17)18/h10H,3-9H2,1-2H3,(H,17,18)(H2,14,15,16,19). The third-order valence-electron chi connectivity index (χ3n) is 2.64. The van der Waals surface area contributed by atoms with Crippen LogP contribution in [-0.2, 0) is 14.3 Å². The molecule has 0 aromatic rings. The van der Waals surface area contributed by atoms with Crippen molar-refractivity contribution in [2.24, 2.45) is 0 Å². The first-order valence-corrected chi connectivity index (χ1v) is 6.80. The molecule has 0 spiro atoms. The second-order valence-corrected chi connectivity index (χ2v) is 4.56. The summed E-state index contributed by atoms with van der Waals surface area (Å²) in [7, 11) is 1.55. The van der Waals surface area contributed by atoms with Gasteiger partial charge in [-0.15, -0.1) is 0 Å². The van der Waals surface area contributed by atoms with Crippen LogP contribution in [0, 0.1) is 0 Å². The Bertz CT molecular complexity index is 314. The van der Waals surface area contributed by atoms with E-state index in [4.69, 9.17) is 9.84 Å². The van der Waals surface area contributed by atoms with E-state index in [1.807, 2.05) is 6.92 Å². The van der Waals surface area contributed by atoms with Crippen molar-refractivity contribution in [3.05, 3.63) is 0 Å². The fraction of sp³-hybridized carbons (Fsp3) is 0.769. The van der Waals surface area contributed by atoms with Gasteiger partial charge in [0, 0.05) is 20.0 Å². The first kappa shape index (κ1) is 18.4. The molecule has 0 aromatic carbocycles. The lowest BCUT2D eigenvalue weighted by Gasteiger charge is -2.17. The lowest BCUT2D eigenvalue weighted by atomic mass is 10.2. The van der Waals surface area contributed by atoms with Gasteiger partial charge in [0.2, 0.25) is 5.91 Å². The summed E-state index contributed by atoms with van der Waals surface area (Å²) in [5.41, 5.74) is 0. The van der Waals surface area contributed by atoms with Gasteiger partial charge >= 0.3 is 12.0 Å². The molecule has 0 fully saturated rings. The van der Waals surface area contributed by atoms with E-state index in [2.05, 4.69) is 10.6 Å². The summed E-state index contributed by atoms with van der Waals surface area (Å²) in [5, 5.41) is 13.3. The van der Waals surface area contributed by atoms with Crippen LogP contribution in [-0.4, -0.2) is 42.8 Å². The smallest absolute Gasteiger partial charge is 0.321 e. The summed E-state index contributed by atoms with van der Waals surface area (Å²) in [6.07, 6.45) is 2.72. The van der Waals surface area contributed by atoms with Crippen LogP contribution in [0.4, 0.5) is 4.79 Å². The number of carbonyl (C=O) groups is 3. The van der Waals surface area contributed by atoms with Crippen molar-refractivity contribution in [3.8, 4) is 0 Å². The fourth-order valence-electron chi connectivity index (χ4n) is 1.72.